The highest BCUT2D eigenvalue weighted by atomic mass is 31.1. The highest BCUT2D eigenvalue weighted by molar-refractivity contribution is 7.73. The predicted octanol–water partition coefficient (Wildman–Crippen LogP) is 6.69. The van der Waals surface area contributed by atoms with Gasteiger partial charge in [-0.1, -0.05) is 133 Å². The number of benzene rings is 4. The molecule has 0 aromatic heterocycles. The first kappa shape index (κ1) is 22.9. The minimum absolute atomic E-state index is 0.360. The Balaban J connectivity index is 1.33. The Morgan fingerprint density at radius 1 is 0.429 bits per heavy atom. The second kappa shape index (κ2) is 10.6. The molecule has 2 bridgehead atoms. The van der Waals surface area contributed by atoms with Crippen LogP contribution in [0.25, 0.3) is 0 Å². The van der Waals surface area contributed by atoms with Crippen LogP contribution in [0.1, 0.15) is 6.42 Å². The summed E-state index contributed by atoms with van der Waals surface area (Å²) in [5.74, 6) is 3.00. The van der Waals surface area contributed by atoms with E-state index in [9.17, 15) is 0 Å². The van der Waals surface area contributed by atoms with Crippen LogP contribution < -0.4 is 21.2 Å². The van der Waals surface area contributed by atoms with E-state index in [1.807, 2.05) is 0 Å². The Bertz CT molecular complexity index is 1060. The molecule has 2 aliphatic rings. The number of fused-ring (bicyclic) bond motifs is 2. The largest absolute Gasteiger partial charge is 0.0848 e. The van der Waals surface area contributed by atoms with Crippen molar-refractivity contribution in [3.05, 3.63) is 133 Å². The van der Waals surface area contributed by atoms with E-state index < -0.39 is 0 Å². The summed E-state index contributed by atoms with van der Waals surface area (Å²) in [5, 5.41) is 6.08. The van der Waals surface area contributed by atoms with Crippen LogP contribution in [0.3, 0.4) is 0 Å². The molecule has 4 unspecified atom stereocenters. The zero-order chi connectivity index (χ0) is 23.5. The molecule has 4 atom stereocenters. The van der Waals surface area contributed by atoms with Crippen LogP contribution >= 0.6 is 15.8 Å². The van der Waals surface area contributed by atoms with Crippen LogP contribution in [-0.2, 0) is 0 Å². The summed E-state index contributed by atoms with van der Waals surface area (Å²) >= 11 is 0. The third-order valence-corrected chi connectivity index (χ3v) is 13.1. The maximum absolute atomic E-state index is 2.56. The third-order valence-electron chi connectivity index (χ3n) is 7.86. The molecule has 0 heterocycles. The highest BCUT2D eigenvalue weighted by Gasteiger charge is 2.46. The van der Waals surface area contributed by atoms with Crippen molar-refractivity contribution in [2.45, 2.75) is 6.42 Å². The standard InChI is InChI=1S/C33H32P2/c1-5-13-28(14-6-1)34(29-15-7-2-8-16-29)24-32-26-21-22-27(23-26)33(32)25-35(30-17-9-3-10-18-30)31-19-11-4-12-20-31/h1-22,26-27,32-33H,23-25H2. The van der Waals surface area contributed by atoms with E-state index in [0.29, 0.717) is 0 Å². The number of hydrogen-bond donors (Lipinski definition) is 0. The average Bonchev–Trinajstić information content (AvgIpc) is 3.54. The second-order valence-corrected chi connectivity index (χ2v) is 14.3. The fourth-order valence-electron chi connectivity index (χ4n) is 6.14. The SMILES string of the molecule is C1=CC2CC1C(CP(c1ccccc1)c1ccccc1)C2CP(c1ccccc1)c1ccccc1. The molecule has 0 saturated heterocycles. The first-order valence-electron chi connectivity index (χ1n) is 12.8. The van der Waals surface area contributed by atoms with E-state index in [0.717, 1.165) is 23.7 Å². The first-order chi connectivity index (χ1) is 17.4. The van der Waals surface area contributed by atoms with Gasteiger partial charge in [0.15, 0.2) is 0 Å². The second-order valence-electron chi connectivity index (χ2n) is 9.84. The lowest BCUT2D eigenvalue weighted by atomic mass is 9.86. The molecule has 0 N–H and O–H groups in total. The molecular formula is C33H32P2. The zero-order valence-electron chi connectivity index (χ0n) is 20.0. The summed E-state index contributed by atoms with van der Waals surface area (Å²) in [6.07, 6.45) is 9.07. The maximum atomic E-state index is 2.56. The summed E-state index contributed by atoms with van der Waals surface area (Å²) in [4.78, 5) is 0. The van der Waals surface area contributed by atoms with E-state index in [2.05, 4.69) is 133 Å². The van der Waals surface area contributed by atoms with Crippen molar-refractivity contribution in [1.82, 2.24) is 0 Å². The quantitative estimate of drug-likeness (QED) is 0.191. The van der Waals surface area contributed by atoms with E-state index in [1.165, 1.54) is 40.0 Å². The Labute approximate surface area is 212 Å². The van der Waals surface area contributed by atoms with Gasteiger partial charge in [0.2, 0.25) is 0 Å². The molecule has 6 rings (SSSR count). The molecule has 0 radical (unpaired) electrons. The Morgan fingerprint density at radius 3 is 1.00 bits per heavy atom. The fraction of sp³-hybridized carbons (Fsp3) is 0.212. The van der Waals surface area contributed by atoms with Gasteiger partial charge in [-0.3, -0.25) is 0 Å². The minimum atomic E-state index is -0.360. The van der Waals surface area contributed by atoms with Gasteiger partial charge in [-0.2, -0.15) is 0 Å². The molecule has 0 spiro atoms. The van der Waals surface area contributed by atoms with Crippen LogP contribution in [0, 0.1) is 23.7 Å². The summed E-state index contributed by atoms with van der Waals surface area (Å²) < 4.78 is 0. The molecule has 1 fully saturated rings. The van der Waals surface area contributed by atoms with Gasteiger partial charge in [0.1, 0.15) is 0 Å². The maximum Gasteiger partial charge on any atom is -0.0193 e. The molecule has 1 saturated carbocycles. The van der Waals surface area contributed by atoms with Gasteiger partial charge >= 0.3 is 0 Å². The van der Waals surface area contributed by atoms with Crippen LogP contribution in [-0.4, -0.2) is 12.3 Å². The van der Waals surface area contributed by atoms with Crippen molar-refractivity contribution >= 4 is 37.1 Å². The lowest BCUT2D eigenvalue weighted by Gasteiger charge is -2.34. The molecule has 0 amide bonds. The molecular weight excluding hydrogens is 458 g/mol. The Kier molecular flexibility index (Phi) is 6.95. The van der Waals surface area contributed by atoms with Crippen molar-refractivity contribution in [1.29, 1.82) is 0 Å². The van der Waals surface area contributed by atoms with Crippen LogP contribution in [0.4, 0.5) is 0 Å². The lowest BCUT2D eigenvalue weighted by Crippen LogP contribution is -2.30. The van der Waals surface area contributed by atoms with Crippen molar-refractivity contribution in [2.75, 3.05) is 12.3 Å². The van der Waals surface area contributed by atoms with E-state index in [4.69, 9.17) is 0 Å². The number of allylic oxidation sites excluding steroid dienone is 2. The Morgan fingerprint density at radius 2 is 0.714 bits per heavy atom. The fourth-order valence-corrected chi connectivity index (χ4v) is 11.6. The van der Waals surface area contributed by atoms with Crippen molar-refractivity contribution < 1.29 is 0 Å². The molecule has 35 heavy (non-hydrogen) atoms. The highest BCUT2D eigenvalue weighted by Crippen LogP contribution is 2.55. The molecule has 4 aromatic carbocycles. The molecule has 2 heteroatoms. The monoisotopic (exact) mass is 490 g/mol. The first-order valence-corrected chi connectivity index (χ1v) is 15.9. The lowest BCUT2D eigenvalue weighted by molar-refractivity contribution is 0.375. The average molecular weight is 491 g/mol. The van der Waals surface area contributed by atoms with Gasteiger partial charge < -0.3 is 0 Å². The van der Waals surface area contributed by atoms with Crippen LogP contribution in [0.2, 0.25) is 0 Å². The summed E-state index contributed by atoms with van der Waals surface area (Å²) in [6.45, 7) is 0. The van der Waals surface area contributed by atoms with E-state index in [1.54, 1.807) is 0 Å². The van der Waals surface area contributed by atoms with Crippen molar-refractivity contribution in [2.24, 2.45) is 23.7 Å². The third kappa shape index (κ3) is 4.93. The van der Waals surface area contributed by atoms with Gasteiger partial charge in [0.25, 0.3) is 0 Å². The molecule has 2 aliphatic carbocycles. The van der Waals surface area contributed by atoms with Crippen LogP contribution in [0.15, 0.2) is 133 Å². The zero-order valence-corrected chi connectivity index (χ0v) is 21.8. The van der Waals surface area contributed by atoms with Gasteiger partial charge in [-0.15, -0.1) is 0 Å². The molecule has 4 aromatic rings. The number of rotatable bonds is 8. The van der Waals surface area contributed by atoms with Crippen molar-refractivity contribution in [3.63, 3.8) is 0 Å². The van der Waals surface area contributed by atoms with Gasteiger partial charge in [-0.05, 0) is 79.5 Å². The predicted molar refractivity (Wildman–Crippen MR) is 156 cm³/mol. The minimum Gasteiger partial charge on any atom is -0.0848 e. The summed E-state index contributed by atoms with van der Waals surface area (Å²) in [5.41, 5.74) is 0. The van der Waals surface area contributed by atoms with Crippen LogP contribution in [0.5, 0.6) is 0 Å². The summed E-state index contributed by atoms with van der Waals surface area (Å²) in [6, 6.07) is 45.2. The van der Waals surface area contributed by atoms with Gasteiger partial charge in [0.05, 0.1) is 0 Å². The summed E-state index contributed by atoms with van der Waals surface area (Å²) in [7, 11) is -0.721. The normalized spacial score (nSPS) is 22.8. The topological polar surface area (TPSA) is 0 Å². The van der Waals surface area contributed by atoms with E-state index >= 15 is 0 Å². The molecule has 0 nitrogen and oxygen atoms in total. The molecule has 174 valence electrons. The van der Waals surface area contributed by atoms with E-state index in [-0.39, 0.29) is 15.8 Å². The smallest absolute Gasteiger partial charge is 0.0193 e. The van der Waals surface area contributed by atoms with Crippen molar-refractivity contribution in [3.8, 4) is 0 Å². The molecule has 0 aliphatic heterocycles. The van der Waals surface area contributed by atoms with Gasteiger partial charge in [-0.25, -0.2) is 0 Å². The Hall–Kier alpha value is -2.52. The van der Waals surface area contributed by atoms with Gasteiger partial charge in [0, 0.05) is 0 Å². The number of hydrogen-bond acceptors (Lipinski definition) is 0.